The van der Waals surface area contributed by atoms with E-state index in [0.717, 1.165) is 11.0 Å². The van der Waals surface area contributed by atoms with Gasteiger partial charge < -0.3 is 20.4 Å². The molecule has 24 heavy (non-hydrogen) atoms. The van der Waals surface area contributed by atoms with Crippen LogP contribution < -0.4 is 16.6 Å². The van der Waals surface area contributed by atoms with Crippen molar-refractivity contribution in [2.75, 3.05) is 10.7 Å². The van der Waals surface area contributed by atoms with Gasteiger partial charge in [-0.2, -0.15) is 0 Å². The topological polar surface area (TPSA) is 110 Å². The zero-order valence-corrected chi connectivity index (χ0v) is 13.1. The number of imidazole rings is 1. The second kappa shape index (κ2) is 6.59. The van der Waals surface area contributed by atoms with Gasteiger partial charge in [-0.25, -0.2) is 10.8 Å². The first-order chi connectivity index (χ1) is 11.6. The van der Waals surface area contributed by atoms with Gasteiger partial charge in [0.05, 0.1) is 35.4 Å². The second-order valence-corrected chi connectivity index (χ2v) is 5.50. The number of benzene rings is 2. The molecular formula is C17H19N5O2. The molecule has 0 spiro atoms. The fourth-order valence-corrected chi connectivity index (χ4v) is 2.69. The molecule has 0 saturated heterocycles. The standard InChI is InChI=1S/C17H19N5O2/c18-12-5-1-3-7-14(12)22(19)11-16-20-13-6-2-4-8-15(13)21(16)10-9-17(23)24/h1-8H,9-11,18-19H2,(H,23,24). The number of rotatable bonds is 6. The third kappa shape index (κ3) is 3.16. The van der Waals surface area contributed by atoms with Gasteiger partial charge in [0.2, 0.25) is 0 Å². The molecule has 0 aliphatic heterocycles. The van der Waals surface area contributed by atoms with Crippen LogP contribution in [0.2, 0.25) is 0 Å². The molecule has 0 atom stereocenters. The maximum atomic E-state index is 10.9. The molecule has 0 aliphatic rings. The molecule has 1 aromatic heterocycles. The quantitative estimate of drug-likeness (QED) is 0.363. The number of aliphatic carboxylic acids is 1. The lowest BCUT2D eigenvalue weighted by atomic mass is 10.2. The molecular weight excluding hydrogens is 306 g/mol. The average molecular weight is 325 g/mol. The Hall–Kier alpha value is -3.06. The zero-order valence-electron chi connectivity index (χ0n) is 13.1. The number of hydrazine groups is 1. The van der Waals surface area contributed by atoms with Crippen molar-refractivity contribution >= 4 is 28.4 Å². The van der Waals surface area contributed by atoms with Crippen LogP contribution in [0.25, 0.3) is 11.0 Å². The zero-order chi connectivity index (χ0) is 17.1. The molecule has 5 N–H and O–H groups in total. The van der Waals surface area contributed by atoms with Crippen molar-refractivity contribution in [3.8, 4) is 0 Å². The van der Waals surface area contributed by atoms with Crippen molar-refractivity contribution in [2.24, 2.45) is 5.84 Å². The maximum Gasteiger partial charge on any atom is 0.305 e. The maximum absolute atomic E-state index is 10.9. The van der Waals surface area contributed by atoms with E-state index in [4.69, 9.17) is 16.7 Å². The molecule has 124 valence electrons. The Balaban J connectivity index is 1.94. The van der Waals surface area contributed by atoms with Gasteiger partial charge in [0.1, 0.15) is 5.82 Å². The number of para-hydroxylation sites is 4. The molecule has 0 fully saturated rings. The van der Waals surface area contributed by atoms with Gasteiger partial charge in [0.25, 0.3) is 0 Å². The summed E-state index contributed by atoms with van der Waals surface area (Å²) in [6, 6.07) is 14.9. The summed E-state index contributed by atoms with van der Waals surface area (Å²) >= 11 is 0. The predicted molar refractivity (Wildman–Crippen MR) is 93.2 cm³/mol. The minimum absolute atomic E-state index is 0.0192. The second-order valence-electron chi connectivity index (χ2n) is 5.50. The van der Waals surface area contributed by atoms with Crippen molar-refractivity contribution in [1.29, 1.82) is 0 Å². The van der Waals surface area contributed by atoms with Gasteiger partial charge in [-0.05, 0) is 24.3 Å². The van der Waals surface area contributed by atoms with Crippen molar-refractivity contribution < 1.29 is 9.90 Å². The van der Waals surface area contributed by atoms with E-state index in [1.165, 1.54) is 5.01 Å². The number of hydrogen-bond donors (Lipinski definition) is 3. The summed E-state index contributed by atoms with van der Waals surface area (Å²) in [5.41, 5.74) is 8.94. The highest BCUT2D eigenvalue weighted by Crippen LogP contribution is 2.23. The van der Waals surface area contributed by atoms with Crippen molar-refractivity contribution in [3.63, 3.8) is 0 Å². The lowest BCUT2D eigenvalue weighted by Gasteiger charge is -2.20. The molecule has 0 amide bonds. The summed E-state index contributed by atoms with van der Waals surface area (Å²) in [5, 5.41) is 10.5. The van der Waals surface area contributed by atoms with Crippen LogP contribution >= 0.6 is 0 Å². The van der Waals surface area contributed by atoms with E-state index in [9.17, 15) is 4.79 Å². The van der Waals surface area contributed by atoms with Gasteiger partial charge in [0.15, 0.2) is 0 Å². The largest absolute Gasteiger partial charge is 0.481 e. The Morgan fingerprint density at radius 3 is 2.62 bits per heavy atom. The normalized spacial score (nSPS) is 10.9. The summed E-state index contributed by atoms with van der Waals surface area (Å²) in [5.74, 6) is 6.00. The molecule has 1 heterocycles. The van der Waals surface area contributed by atoms with Crippen LogP contribution in [-0.2, 0) is 17.9 Å². The Morgan fingerprint density at radius 2 is 1.88 bits per heavy atom. The minimum atomic E-state index is -0.851. The number of hydrogen-bond acceptors (Lipinski definition) is 5. The van der Waals surface area contributed by atoms with Crippen LogP contribution in [0.4, 0.5) is 11.4 Å². The molecule has 0 bridgehead atoms. The van der Waals surface area contributed by atoms with E-state index in [2.05, 4.69) is 4.98 Å². The fraction of sp³-hybridized carbons (Fsp3) is 0.176. The number of carbonyl (C=O) groups is 1. The fourth-order valence-electron chi connectivity index (χ4n) is 2.69. The number of aryl methyl sites for hydroxylation is 1. The van der Waals surface area contributed by atoms with E-state index in [1.807, 2.05) is 47.0 Å². The monoisotopic (exact) mass is 325 g/mol. The Morgan fingerprint density at radius 1 is 1.17 bits per heavy atom. The summed E-state index contributed by atoms with van der Waals surface area (Å²) in [7, 11) is 0. The Labute approximate surface area is 139 Å². The predicted octanol–water partition coefficient (Wildman–Crippen LogP) is 1.97. The van der Waals surface area contributed by atoms with Crippen LogP contribution in [0.15, 0.2) is 48.5 Å². The highest BCUT2D eigenvalue weighted by atomic mass is 16.4. The molecule has 3 aromatic rings. The van der Waals surface area contributed by atoms with E-state index in [1.54, 1.807) is 6.07 Å². The number of carboxylic acid groups (broad SMARTS) is 1. The van der Waals surface area contributed by atoms with Crippen LogP contribution in [-0.4, -0.2) is 20.6 Å². The first kappa shape index (κ1) is 15.8. The summed E-state index contributed by atoms with van der Waals surface area (Å²) in [4.78, 5) is 15.5. The molecule has 7 nitrogen and oxygen atoms in total. The van der Waals surface area contributed by atoms with Crippen LogP contribution in [0.1, 0.15) is 12.2 Å². The summed E-state index contributed by atoms with van der Waals surface area (Å²) in [6.07, 6.45) is 0.0192. The number of anilines is 2. The van der Waals surface area contributed by atoms with Gasteiger partial charge in [0, 0.05) is 6.54 Å². The lowest BCUT2D eigenvalue weighted by molar-refractivity contribution is -0.137. The van der Waals surface area contributed by atoms with Crippen LogP contribution in [0, 0.1) is 0 Å². The number of nitrogens with zero attached hydrogens (tertiary/aromatic N) is 3. The SMILES string of the molecule is Nc1ccccc1N(N)Cc1nc2ccccc2n1CCC(=O)O. The Bertz CT molecular complexity index is 874. The minimum Gasteiger partial charge on any atom is -0.481 e. The van der Waals surface area contributed by atoms with Gasteiger partial charge in [-0.1, -0.05) is 24.3 Å². The van der Waals surface area contributed by atoms with Crippen LogP contribution in [0.5, 0.6) is 0 Å². The first-order valence-corrected chi connectivity index (χ1v) is 7.59. The molecule has 3 rings (SSSR count). The smallest absolute Gasteiger partial charge is 0.305 e. The summed E-state index contributed by atoms with van der Waals surface area (Å²) in [6.45, 7) is 0.659. The number of aromatic nitrogens is 2. The van der Waals surface area contributed by atoms with Crippen molar-refractivity contribution in [2.45, 2.75) is 19.5 Å². The molecule has 7 heteroatoms. The van der Waals surface area contributed by atoms with Crippen molar-refractivity contribution in [1.82, 2.24) is 9.55 Å². The number of fused-ring (bicyclic) bond motifs is 1. The summed E-state index contributed by atoms with van der Waals surface area (Å²) < 4.78 is 1.89. The van der Waals surface area contributed by atoms with E-state index in [0.29, 0.717) is 30.3 Å². The third-order valence-corrected chi connectivity index (χ3v) is 3.84. The molecule has 0 unspecified atom stereocenters. The van der Waals surface area contributed by atoms with Gasteiger partial charge in [-0.3, -0.25) is 4.79 Å². The first-order valence-electron chi connectivity index (χ1n) is 7.59. The van der Waals surface area contributed by atoms with Gasteiger partial charge in [-0.15, -0.1) is 0 Å². The average Bonchev–Trinajstić information content (AvgIpc) is 2.90. The van der Waals surface area contributed by atoms with E-state index in [-0.39, 0.29) is 6.42 Å². The highest BCUT2D eigenvalue weighted by Gasteiger charge is 2.15. The number of nitrogens with two attached hydrogens (primary N) is 2. The molecule has 0 saturated carbocycles. The number of nitrogen functional groups attached to an aromatic ring is 1. The molecule has 2 aromatic carbocycles. The van der Waals surface area contributed by atoms with E-state index < -0.39 is 5.97 Å². The molecule has 0 radical (unpaired) electrons. The van der Waals surface area contributed by atoms with Crippen LogP contribution in [0.3, 0.4) is 0 Å². The Kier molecular flexibility index (Phi) is 4.35. The van der Waals surface area contributed by atoms with Gasteiger partial charge >= 0.3 is 5.97 Å². The third-order valence-electron chi connectivity index (χ3n) is 3.84. The number of carboxylic acids is 1. The lowest BCUT2D eigenvalue weighted by Crippen LogP contribution is -2.32. The molecule has 0 aliphatic carbocycles. The van der Waals surface area contributed by atoms with E-state index >= 15 is 0 Å². The van der Waals surface area contributed by atoms with Crippen molar-refractivity contribution in [3.05, 3.63) is 54.4 Å². The highest BCUT2D eigenvalue weighted by molar-refractivity contribution is 5.76.